The normalized spacial score (nSPS) is 10.7. The Kier molecular flexibility index (Phi) is 4.51. The van der Waals surface area contributed by atoms with E-state index in [0.29, 0.717) is 27.9 Å². The van der Waals surface area contributed by atoms with Crippen molar-refractivity contribution in [2.75, 3.05) is 0 Å². The molecule has 0 radical (unpaired) electrons. The summed E-state index contributed by atoms with van der Waals surface area (Å²) in [5.41, 5.74) is 1.01. The Morgan fingerprint density at radius 3 is 2.63 bits per heavy atom. The molecule has 0 atom stereocenters. The largest absolute Gasteiger partial charge is 0.364 e. The van der Waals surface area contributed by atoms with E-state index in [1.165, 1.54) is 30.5 Å². The highest BCUT2D eigenvalue weighted by Gasteiger charge is 2.08. The molecule has 0 fully saturated rings. The molecule has 7 heteroatoms. The smallest absolute Gasteiger partial charge is 0.288 e. The van der Waals surface area contributed by atoms with Gasteiger partial charge >= 0.3 is 0 Å². The Bertz CT molecular complexity index is 529. The van der Waals surface area contributed by atoms with Gasteiger partial charge in [0.2, 0.25) is 0 Å². The van der Waals surface area contributed by atoms with Gasteiger partial charge in [-0.3, -0.25) is 4.79 Å². The molecule has 0 spiro atoms. The van der Waals surface area contributed by atoms with Crippen LogP contribution in [0.5, 0.6) is 0 Å². The van der Waals surface area contributed by atoms with Gasteiger partial charge < -0.3 is 9.84 Å². The number of nitrogens with one attached hydrogen (secondary N) is 1. The molecular formula is C12H10F2N2O2S. The highest BCUT2D eigenvalue weighted by molar-refractivity contribution is 7.99. The first-order chi connectivity index (χ1) is 9.15. The molecule has 2 aromatic rings. The van der Waals surface area contributed by atoms with Crippen LogP contribution in [0.4, 0.5) is 8.78 Å². The fraction of sp³-hybridized carbons (Fsp3) is 0.167. The SMILES string of the molecule is O=C(NCc1ccon1)c1ccc(SC(F)F)cc1. The third-order valence-electron chi connectivity index (χ3n) is 2.26. The number of halogens is 2. The molecule has 0 aliphatic carbocycles. The lowest BCUT2D eigenvalue weighted by atomic mass is 10.2. The second-order valence-electron chi connectivity index (χ2n) is 3.58. The fourth-order valence-electron chi connectivity index (χ4n) is 1.39. The van der Waals surface area contributed by atoms with Crippen LogP contribution in [0, 0.1) is 0 Å². The predicted molar refractivity (Wildman–Crippen MR) is 66.0 cm³/mol. The summed E-state index contributed by atoms with van der Waals surface area (Å²) in [6, 6.07) is 7.62. The number of rotatable bonds is 5. The van der Waals surface area contributed by atoms with Crippen LogP contribution in [-0.4, -0.2) is 16.8 Å². The third-order valence-corrected chi connectivity index (χ3v) is 2.99. The van der Waals surface area contributed by atoms with E-state index < -0.39 is 5.76 Å². The van der Waals surface area contributed by atoms with Gasteiger partial charge in [-0.1, -0.05) is 16.9 Å². The van der Waals surface area contributed by atoms with E-state index in [4.69, 9.17) is 0 Å². The quantitative estimate of drug-likeness (QED) is 0.858. The number of amides is 1. The fourth-order valence-corrected chi connectivity index (χ4v) is 1.89. The van der Waals surface area contributed by atoms with Crippen molar-refractivity contribution in [2.24, 2.45) is 0 Å². The molecule has 1 aromatic carbocycles. The maximum Gasteiger partial charge on any atom is 0.288 e. The minimum Gasteiger partial charge on any atom is -0.364 e. The van der Waals surface area contributed by atoms with E-state index in [1.54, 1.807) is 6.07 Å². The number of carbonyl (C=O) groups is 1. The molecule has 4 nitrogen and oxygen atoms in total. The van der Waals surface area contributed by atoms with Crippen LogP contribution in [0.25, 0.3) is 0 Å². The van der Waals surface area contributed by atoms with Crippen LogP contribution >= 0.6 is 11.8 Å². The zero-order valence-electron chi connectivity index (χ0n) is 9.68. The number of hydrogen-bond donors (Lipinski definition) is 1. The molecule has 0 aliphatic heterocycles. The van der Waals surface area contributed by atoms with Crippen LogP contribution in [0.15, 0.2) is 46.0 Å². The first-order valence-electron chi connectivity index (χ1n) is 5.37. The van der Waals surface area contributed by atoms with Crippen molar-refractivity contribution in [3.05, 3.63) is 47.9 Å². The molecule has 2 rings (SSSR count). The van der Waals surface area contributed by atoms with Gasteiger partial charge in [-0.05, 0) is 24.3 Å². The summed E-state index contributed by atoms with van der Waals surface area (Å²) in [5.74, 6) is -2.76. The van der Waals surface area contributed by atoms with Crippen molar-refractivity contribution in [2.45, 2.75) is 17.2 Å². The van der Waals surface area contributed by atoms with E-state index in [1.807, 2.05) is 0 Å². The molecule has 1 amide bonds. The zero-order chi connectivity index (χ0) is 13.7. The average Bonchev–Trinajstić information content (AvgIpc) is 2.89. The number of carbonyl (C=O) groups excluding carboxylic acids is 1. The van der Waals surface area contributed by atoms with Crippen LogP contribution in [-0.2, 0) is 6.54 Å². The van der Waals surface area contributed by atoms with Crippen molar-refractivity contribution in [1.29, 1.82) is 0 Å². The Morgan fingerprint density at radius 2 is 2.05 bits per heavy atom. The molecule has 1 N–H and O–H groups in total. The van der Waals surface area contributed by atoms with Crippen molar-refractivity contribution in [3.63, 3.8) is 0 Å². The molecule has 0 saturated carbocycles. The number of aromatic nitrogens is 1. The van der Waals surface area contributed by atoms with Crippen molar-refractivity contribution < 1.29 is 18.1 Å². The first kappa shape index (κ1) is 13.5. The van der Waals surface area contributed by atoms with Crippen molar-refractivity contribution in [1.82, 2.24) is 10.5 Å². The van der Waals surface area contributed by atoms with E-state index in [-0.39, 0.29) is 12.5 Å². The van der Waals surface area contributed by atoms with Crippen LogP contribution in [0.3, 0.4) is 0 Å². The number of hydrogen-bond acceptors (Lipinski definition) is 4. The molecule has 0 bridgehead atoms. The summed E-state index contributed by atoms with van der Waals surface area (Å²) in [7, 11) is 0. The number of benzene rings is 1. The zero-order valence-corrected chi connectivity index (χ0v) is 10.5. The molecule has 0 saturated heterocycles. The highest BCUT2D eigenvalue weighted by Crippen LogP contribution is 2.25. The summed E-state index contributed by atoms with van der Waals surface area (Å²) < 4.78 is 28.9. The lowest BCUT2D eigenvalue weighted by Crippen LogP contribution is -2.22. The standard InChI is InChI=1S/C12H10F2N2O2S/c13-12(14)19-10-3-1-8(2-4-10)11(17)15-7-9-5-6-18-16-9/h1-6,12H,7H2,(H,15,17). The molecule has 1 heterocycles. The van der Waals surface area contributed by atoms with E-state index in [9.17, 15) is 13.6 Å². The van der Waals surface area contributed by atoms with Crippen LogP contribution in [0.1, 0.15) is 16.1 Å². The Hall–Kier alpha value is -1.89. The molecule has 0 unspecified atom stereocenters. The topological polar surface area (TPSA) is 55.1 Å². The maximum absolute atomic E-state index is 12.1. The number of alkyl halides is 2. The molecule has 19 heavy (non-hydrogen) atoms. The van der Waals surface area contributed by atoms with E-state index in [2.05, 4.69) is 15.0 Å². The first-order valence-corrected chi connectivity index (χ1v) is 6.25. The summed E-state index contributed by atoms with van der Waals surface area (Å²) >= 11 is 0.443. The van der Waals surface area contributed by atoms with Gasteiger partial charge in [-0.2, -0.15) is 8.78 Å². The Morgan fingerprint density at radius 1 is 1.32 bits per heavy atom. The lowest BCUT2D eigenvalue weighted by molar-refractivity contribution is 0.0950. The van der Waals surface area contributed by atoms with Gasteiger partial charge in [-0.15, -0.1) is 0 Å². The van der Waals surface area contributed by atoms with E-state index >= 15 is 0 Å². The van der Waals surface area contributed by atoms with Gasteiger partial charge in [0.05, 0.1) is 6.54 Å². The summed E-state index contributed by atoms with van der Waals surface area (Å²) in [6.45, 7) is 0.253. The summed E-state index contributed by atoms with van der Waals surface area (Å²) in [5, 5.41) is 6.30. The van der Waals surface area contributed by atoms with Gasteiger partial charge in [0, 0.05) is 16.5 Å². The van der Waals surface area contributed by atoms with Crippen LogP contribution in [0.2, 0.25) is 0 Å². The molecule has 0 aliphatic rings. The Balaban J connectivity index is 1.92. The van der Waals surface area contributed by atoms with Gasteiger partial charge in [-0.25, -0.2) is 0 Å². The van der Waals surface area contributed by atoms with Gasteiger partial charge in [0.1, 0.15) is 12.0 Å². The number of nitrogens with zero attached hydrogens (tertiary/aromatic N) is 1. The maximum atomic E-state index is 12.1. The minimum absolute atomic E-state index is 0.253. The summed E-state index contributed by atoms with van der Waals surface area (Å²) in [6.07, 6.45) is 1.41. The summed E-state index contributed by atoms with van der Waals surface area (Å²) in [4.78, 5) is 12.2. The predicted octanol–water partition coefficient (Wildman–Crippen LogP) is 2.92. The van der Waals surface area contributed by atoms with Crippen molar-refractivity contribution >= 4 is 17.7 Å². The monoisotopic (exact) mass is 284 g/mol. The number of thioether (sulfide) groups is 1. The molecule has 100 valence electrons. The molecule has 1 aromatic heterocycles. The average molecular weight is 284 g/mol. The molecular weight excluding hydrogens is 274 g/mol. The Labute approximate surface area is 112 Å². The van der Waals surface area contributed by atoms with Gasteiger partial charge in [0.15, 0.2) is 0 Å². The van der Waals surface area contributed by atoms with E-state index in [0.717, 1.165) is 0 Å². The van der Waals surface area contributed by atoms with Crippen LogP contribution < -0.4 is 5.32 Å². The second kappa shape index (κ2) is 6.33. The minimum atomic E-state index is -2.47. The van der Waals surface area contributed by atoms with Crippen molar-refractivity contribution in [3.8, 4) is 0 Å². The third kappa shape index (κ3) is 4.06. The lowest BCUT2D eigenvalue weighted by Gasteiger charge is -2.04. The second-order valence-corrected chi connectivity index (χ2v) is 4.64. The highest BCUT2D eigenvalue weighted by atomic mass is 32.2. The van der Waals surface area contributed by atoms with Gasteiger partial charge in [0.25, 0.3) is 11.7 Å².